The Labute approximate surface area is 182 Å². The highest BCUT2D eigenvalue weighted by molar-refractivity contribution is 8.24. The fraction of sp³-hybridized carbons (Fsp3) is 0.429. The van der Waals surface area contributed by atoms with Crippen LogP contribution in [0.5, 0.6) is 5.75 Å². The van der Waals surface area contributed by atoms with Crippen LogP contribution >= 0.6 is 11.8 Å². The van der Waals surface area contributed by atoms with Crippen molar-refractivity contribution >= 4 is 34.5 Å². The van der Waals surface area contributed by atoms with Gasteiger partial charge < -0.3 is 20.8 Å². The number of nitrogens with one attached hydrogen (secondary N) is 3. The Balaban J connectivity index is 2.11. The molecule has 1 saturated heterocycles. The minimum absolute atomic E-state index is 0.0593. The number of thioether (sulfide) groups is 1. The number of amidine groups is 1. The van der Waals surface area contributed by atoms with Gasteiger partial charge in [0.25, 0.3) is 0 Å². The summed E-state index contributed by atoms with van der Waals surface area (Å²) in [5.74, 6) is 0.720. The number of nitrogens with zero attached hydrogens (tertiary/aromatic N) is 3. The molecule has 1 fully saturated rings. The van der Waals surface area contributed by atoms with Gasteiger partial charge in [0.05, 0.1) is 29.4 Å². The minimum atomic E-state index is 0.0593. The number of nitrogens with two attached hydrogens (primary N) is 1. The van der Waals surface area contributed by atoms with Crippen molar-refractivity contribution in [3.05, 3.63) is 41.6 Å². The average Bonchev–Trinajstić information content (AvgIpc) is 2.73. The largest absolute Gasteiger partial charge is 0.491 e. The van der Waals surface area contributed by atoms with Crippen molar-refractivity contribution in [2.75, 3.05) is 26.2 Å². The van der Waals surface area contributed by atoms with Gasteiger partial charge in [-0.3, -0.25) is 15.7 Å². The number of hydrogen-bond acceptors (Lipinski definition) is 7. The molecule has 1 aliphatic rings. The summed E-state index contributed by atoms with van der Waals surface area (Å²) in [5.41, 5.74) is 8.27. The molecule has 0 bridgehead atoms. The molecule has 0 amide bonds. The van der Waals surface area contributed by atoms with Crippen LogP contribution in [0.15, 0.2) is 41.0 Å². The molecule has 1 aliphatic heterocycles. The van der Waals surface area contributed by atoms with Gasteiger partial charge >= 0.3 is 0 Å². The van der Waals surface area contributed by atoms with E-state index >= 15 is 0 Å². The molecule has 0 aromatic heterocycles. The second-order valence-electron chi connectivity index (χ2n) is 7.20. The zero-order chi connectivity index (χ0) is 22.1. The van der Waals surface area contributed by atoms with E-state index in [1.807, 2.05) is 49.1 Å². The smallest absolute Gasteiger partial charge is 0.162 e. The Kier molecular flexibility index (Phi) is 9.07. The zero-order valence-corrected chi connectivity index (χ0v) is 18.6. The molecule has 30 heavy (non-hydrogen) atoms. The molecular weight excluding hydrogens is 398 g/mol. The van der Waals surface area contributed by atoms with E-state index in [4.69, 9.17) is 26.7 Å². The molecule has 5 N–H and O–H groups in total. The highest BCUT2D eigenvalue weighted by atomic mass is 32.2. The van der Waals surface area contributed by atoms with Crippen molar-refractivity contribution in [2.24, 2.45) is 10.7 Å². The van der Waals surface area contributed by atoms with Crippen LogP contribution in [-0.2, 0) is 0 Å². The van der Waals surface area contributed by atoms with E-state index in [2.05, 4.69) is 16.8 Å². The lowest BCUT2D eigenvalue weighted by Gasteiger charge is -2.37. The lowest BCUT2D eigenvalue weighted by molar-refractivity contribution is 0.162. The third-order valence-electron chi connectivity index (χ3n) is 4.71. The van der Waals surface area contributed by atoms with Crippen LogP contribution in [0.1, 0.15) is 26.3 Å². The van der Waals surface area contributed by atoms with Crippen LogP contribution in [-0.4, -0.2) is 70.9 Å². The molecule has 1 aromatic carbocycles. The van der Waals surface area contributed by atoms with Crippen molar-refractivity contribution in [2.45, 2.75) is 32.9 Å². The second-order valence-corrected chi connectivity index (χ2v) is 8.06. The molecule has 2 rings (SSSR count). The van der Waals surface area contributed by atoms with Gasteiger partial charge in [-0.1, -0.05) is 12.1 Å². The molecule has 1 heterocycles. The Morgan fingerprint density at radius 1 is 1.20 bits per heavy atom. The van der Waals surface area contributed by atoms with Crippen molar-refractivity contribution < 1.29 is 4.74 Å². The number of benzene rings is 1. The van der Waals surface area contributed by atoms with Gasteiger partial charge in [0.15, 0.2) is 5.17 Å². The van der Waals surface area contributed by atoms with E-state index in [1.165, 1.54) is 11.9 Å². The van der Waals surface area contributed by atoms with Crippen LogP contribution < -0.4 is 10.5 Å². The first-order chi connectivity index (χ1) is 14.3. The van der Waals surface area contributed by atoms with Gasteiger partial charge in [-0.2, -0.15) is 0 Å². The summed E-state index contributed by atoms with van der Waals surface area (Å²) in [4.78, 5) is 8.51. The fourth-order valence-electron chi connectivity index (χ4n) is 3.21. The summed E-state index contributed by atoms with van der Waals surface area (Å²) in [6.45, 7) is 9.07. The van der Waals surface area contributed by atoms with E-state index < -0.39 is 0 Å². The molecule has 1 aromatic rings. The summed E-state index contributed by atoms with van der Waals surface area (Å²) in [5, 5.41) is 24.2. The van der Waals surface area contributed by atoms with Gasteiger partial charge in [-0.25, -0.2) is 4.99 Å². The van der Waals surface area contributed by atoms with Crippen LogP contribution in [0.2, 0.25) is 0 Å². The number of aliphatic imine (C=N–C) groups is 1. The predicted octanol–water partition coefficient (Wildman–Crippen LogP) is 2.99. The molecule has 162 valence electrons. The molecular formula is C21H31N7OS. The summed E-state index contributed by atoms with van der Waals surface area (Å²) in [6, 6.07) is 7.52. The number of allylic oxidation sites excluding steroid dienone is 1. The highest BCUT2D eigenvalue weighted by Gasteiger charge is 2.22. The molecule has 8 nitrogen and oxygen atoms in total. The summed E-state index contributed by atoms with van der Waals surface area (Å²) >= 11 is 1.12. The van der Waals surface area contributed by atoms with Crippen molar-refractivity contribution in [3.8, 4) is 5.75 Å². The Bertz CT molecular complexity index is 813. The van der Waals surface area contributed by atoms with Gasteiger partial charge in [0, 0.05) is 37.8 Å². The summed E-state index contributed by atoms with van der Waals surface area (Å²) in [7, 11) is 0. The standard InChI is InChI=1S/C21H31N7OS/c1-15(2)29-18-6-4-5-17(12-18)20(24)19(26-13-22)11-16(3)27-7-9-28(10-8-27)21(25)30-14-23/h4-6,11-16,23-25H,7-10H2,1-3H3,(H2,22,26)/b19-11-,23-14?,24-20?,25-21?. The Morgan fingerprint density at radius 2 is 1.90 bits per heavy atom. The number of hydrogen-bond donors (Lipinski definition) is 4. The minimum Gasteiger partial charge on any atom is -0.491 e. The lowest BCUT2D eigenvalue weighted by Crippen LogP contribution is -2.50. The SMILES string of the molecule is CC(C)Oc1cccc(C(=N)/C(=C/C(C)N2CCN(C(=N)SC=N)CC2)N=CN)c1. The predicted molar refractivity (Wildman–Crippen MR) is 127 cm³/mol. The van der Waals surface area contributed by atoms with Gasteiger partial charge in [-0.05, 0) is 50.7 Å². The van der Waals surface area contributed by atoms with Crippen LogP contribution in [0.4, 0.5) is 0 Å². The maximum absolute atomic E-state index is 8.64. The Hall–Kier alpha value is -2.65. The molecule has 0 saturated carbocycles. The Morgan fingerprint density at radius 3 is 2.50 bits per heavy atom. The zero-order valence-electron chi connectivity index (χ0n) is 17.8. The van der Waals surface area contributed by atoms with Crippen molar-refractivity contribution in [1.29, 1.82) is 16.2 Å². The first-order valence-corrected chi connectivity index (χ1v) is 10.8. The van der Waals surface area contributed by atoms with Crippen LogP contribution in [0, 0.1) is 16.2 Å². The molecule has 0 radical (unpaired) electrons. The van der Waals surface area contributed by atoms with E-state index in [1.54, 1.807) is 0 Å². The fourth-order valence-corrected chi connectivity index (χ4v) is 3.66. The van der Waals surface area contributed by atoms with Crippen LogP contribution in [0.25, 0.3) is 0 Å². The quantitative estimate of drug-likeness (QED) is 0.373. The van der Waals surface area contributed by atoms with E-state index in [-0.39, 0.29) is 12.1 Å². The molecule has 0 spiro atoms. The molecule has 9 heteroatoms. The maximum atomic E-state index is 8.64. The number of rotatable bonds is 8. The second kappa shape index (κ2) is 11.5. The van der Waals surface area contributed by atoms with Gasteiger partial charge in [0.1, 0.15) is 5.75 Å². The summed E-state index contributed by atoms with van der Waals surface area (Å²) in [6.07, 6.45) is 3.23. The van der Waals surface area contributed by atoms with E-state index in [9.17, 15) is 0 Å². The van der Waals surface area contributed by atoms with E-state index in [0.717, 1.165) is 49.3 Å². The highest BCUT2D eigenvalue weighted by Crippen LogP contribution is 2.19. The maximum Gasteiger partial charge on any atom is 0.162 e. The average molecular weight is 430 g/mol. The monoisotopic (exact) mass is 429 g/mol. The molecule has 1 unspecified atom stereocenters. The van der Waals surface area contributed by atoms with Crippen LogP contribution in [0.3, 0.4) is 0 Å². The van der Waals surface area contributed by atoms with Crippen molar-refractivity contribution in [3.63, 3.8) is 0 Å². The third-order valence-corrected chi connectivity index (χ3v) is 5.31. The lowest BCUT2D eigenvalue weighted by atomic mass is 10.0. The molecule has 0 aliphatic carbocycles. The number of ether oxygens (including phenoxy) is 1. The van der Waals surface area contributed by atoms with E-state index in [0.29, 0.717) is 16.6 Å². The normalized spacial score (nSPS) is 16.7. The third kappa shape index (κ3) is 6.70. The van der Waals surface area contributed by atoms with Crippen molar-refractivity contribution in [1.82, 2.24) is 9.80 Å². The first kappa shape index (κ1) is 23.6. The topological polar surface area (TPSA) is 126 Å². The van der Waals surface area contributed by atoms with Gasteiger partial charge in [0.2, 0.25) is 0 Å². The number of piperazine rings is 1. The van der Waals surface area contributed by atoms with Gasteiger partial charge in [-0.15, -0.1) is 0 Å². The molecule has 1 atom stereocenters. The first-order valence-electron chi connectivity index (χ1n) is 9.91. The summed E-state index contributed by atoms with van der Waals surface area (Å²) < 4.78 is 5.74.